The van der Waals surface area contributed by atoms with Gasteiger partial charge in [0.15, 0.2) is 0 Å². The number of carboxylic acid groups (broad SMARTS) is 1. The Labute approximate surface area is 138 Å². The van der Waals surface area contributed by atoms with E-state index in [1.165, 1.54) is 26.2 Å². The lowest BCUT2D eigenvalue weighted by Crippen LogP contribution is -2.41. The molecule has 1 rings (SSSR count). The first kappa shape index (κ1) is 19.0. The molecule has 5 heteroatoms. The van der Waals surface area contributed by atoms with Gasteiger partial charge in [-0.2, -0.15) is 0 Å². The molecule has 0 radical (unpaired) electrons. The van der Waals surface area contributed by atoms with Gasteiger partial charge in [-0.1, -0.05) is 44.7 Å². The number of benzene rings is 1. The normalized spacial score (nSPS) is 11.7. The lowest BCUT2D eigenvalue weighted by atomic mass is 10.1. The summed E-state index contributed by atoms with van der Waals surface area (Å²) < 4.78 is 5.72. The first-order chi connectivity index (χ1) is 11.0. The number of hydrogen-bond acceptors (Lipinski definition) is 3. The Hall–Kier alpha value is -2.04. The highest BCUT2D eigenvalue weighted by Crippen LogP contribution is 2.16. The average molecular weight is 321 g/mol. The molecule has 0 heterocycles. The van der Waals surface area contributed by atoms with Gasteiger partial charge in [0.25, 0.3) is 0 Å². The van der Waals surface area contributed by atoms with Crippen LogP contribution in [0.1, 0.15) is 51.5 Å². The van der Waals surface area contributed by atoms with Crippen molar-refractivity contribution in [3.05, 3.63) is 29.8 Å². The molecule has 0 aliphatic rings. The van der Waals surface area contributed by atoms with E-state index in [1.807, 2.05) is 24.3 Å². The highest BCUT2D eigenvalue weighted by atomic mass is 16.5. The minimum atomic E-state index is -1.04. The molecule has 128 valence electrons. The third-order valence-corrected chi connectivity index (χ3v) is 3.53. The molecule has 0 aliphatic heterocycles. The van der Waals surface area contributed by atoms with Crippen LogP contribution in [-0.4, -0.2) is 29.6 Å². The lowest BCUT2D eigenvalue weighted by Gasteiger charge is -2.14. The molecule has 1 unspecified atom stereocenters. The second-order valence-corrected chi connectivity index (χ2v) is 5.71. The molecule has 0 aromatic heterocycles. The van der Waals surface area contributed by atoms with Crippen molar-refractivity contribution in [2.24, 2.45) is 0 Å². The van der Waals surface area contributed by atoms with Gasteiger partial charge in [0, 0.05) is 13.3 Å². The molecule has 23 heavy (non-hydrogen) atoms. The minimum Gasteiger partial charge on any atom is -0.494 e. The van der Waals surface area contributed by atoms with Crippen LogP contribution < -0.4 is 10.1 Å². The van der Waals surface area contributed by atoms with Crippen LogP contribution in [-0.2, 0) is 16.0 Å². The predicted molar refractivity (Wildman–Crippen MR) is 89.6 cm³/mol. The Morgan fingerprint density at radius 2 is 1.96 bits per heavy atom. The summed E-state index contributed by atoms with van der Waals surface area (Å²) in [6.45, 7) is 4.17. The van der Waals surface area contributed by atoms with Gasteiger partial charge in [0.1, 0.15) is 11.8 Å². The van der Waals surface area contributed by atoms with Gasteiger partial charge in [-0.3, -0.25) is 4.79 Å². The first-order valence-corrected chi connectivity index (χ1v) is 8.24. The number of ether oxygens (including phenoxy) is 1. The van der Waals surface area contributed by atoms with E-state index in [4.69, 9.17) is 9.84 Å². The second-order valence-electron chi connectivity index (χ2n) is 5.71. The quantitative estimate of drug-likeness (QED) is 0.614. The van der Waals surface area contributed by atoms with E-state index < -0.39 is 12.0 Å². The van der Waals surface area contributed by atoms with Crippen LogP contribution >= 0.6 is 0 Å². The number of carboxylic acids is 1. The Balaban J connectivity index is 2.48. The lowest BCUT2D eigenvalue weighted by molar-refractivity contribution is -0.141. The molecule has 0 aliphatic carbocycles. The number of nitrogens with one attached hydrogen (secondary N) is 1. The standard InChI is InChI=1S/C18H27NO4/c1-3-4-5-6-7-11-23-16-10-8-9-15(12-16)13-17(18(21)22)19-14(2)20/h8-10,12,17H,3-7,11,13H2,1-2H3,(H,19,20)(H,21,22). The first-order valence-electron chi connectivity index (χ1n) is 8.24. The van der Waals surface area contributed by atoms with Gasteiger partial charge in [-0.05, 0) is 24.1 Å². The summed E-state index contributed by atoms with van der Waals surface area (Å²) in [5, 5.41) is 11.6. The Kier molecular flexibility index (Phi) is 8.80. The average Bonchev–Trinajstić information content (AvgIpc) is 2.50. The molecular weight excluding hydrogens is 294 g/mol. The van der Waals surface area contributed by atoms with Crippen molar-refractivity contribution < 1.29 is 19.4 Å². The molecule has 0 saturated heterocycles. The number of amides is 1. The van der Waals surface area contributed by atoms with Crippen molar-refractivity contribution in [1.29, 1.82) is 0 Å². The molecule has 0 bridgehead atoms. The van der Waals surface area contributed by atoms with Crippen LogP contribution in [0.15, 0.2) is 24.3 Å². The smallest absolute Gasteiger partial charge is 0.326 e. The maximum Gasteiger partial charge on any atom is 0.326 e. The van der Waals surface area contributed by atoms with E-state index in [0.29, 0.717) is 6.61 Å². The number of unbranched alkanes of at least 4 members (excludes halogenated alkanes) is 4. The molecule has 1 aromatic carbocycles. The Morgan fingerprint density at radius 1 is 1.22 bits per heavy atom. The van der Waals surface area contributed by atoms with Crippen LogP contribution in [0.3, 0.4) is 0 Å². The molecule has 0 spiro atoms. The zero-order valence-corrected chi connectivity index (χ0v) is 14.0. The number of carbonyl (C=O) groups excluding carboxylic acids is 1. The summed E-state index contributed by atoms with van der Waals surface area (Å²) in [7, 11) is 0. The summed E-state index contributed by atoms with van der Waals surface area (Å²) in [5.74, 6) is -0.649. The van der Waals surface area contributed by atoms with Gasteiger partial charge in [0.05, 0.1) is 6.61 Å². The van der Waals surface area contributed by atoms with Crippen LogP contribution in [0.2, 0.25) is 0 Å². The number of rotatable bonds is 11. The molecule has 0 fully saturated rings. The van der Waals surface area contributed by atoms with Crippen LogP contribution in [0.5, 0.6) is 5.75 Å². The zero-order valence-electron chi connectivity index (χ0n) is 14.0. The summed E-state index contributed by atoms with van der Waals surface area (Å²) in [5.41, 5.74) is 0.828. The summed E-state index contributed by atoms with van der Waals surface area (Å²) >= 11 is 0. The fraction of sp³-hybridized carbons (Fsp3) is 0.556. The predicted octanol–water partition coefficient (Wildman–Crippen LogP) is 3.17. The largest absolute Gasteiger partial charge is 0.494 e. The topological polar surface area (TPSA) is 75.6 Å². The van der Waals surface area contributed by atoms with Crippen LogP contribution in [0.25, 0.3) is 0 Å². The third-order valence-electron chi connectivity index (χ3n) is 3.53. The minimum absolute atomic E-state index is 0.239. The molecular formula is C18H27NO4. The van der Waals surface area contributed by atoms with Crippen LogP contribution in [0, 0.1) is 0 Å². The van der Waals surface area contributed by atoms with E-state index in [1.54, 1.807) is 0 Å². The van der Waals surface area contributed by atoms with E-state index in [2.05, 4.69) is 12.2 Å². The van der Waals surface area contributed by atoms with Crippen molar-refractivity contribution in [3.63, 3.8) is 0 Å². The molecule has 1 aromatic rings. The SMILES string of the molecule is CCCCCCCOc1cccc(CC(NC(C)=O)C(=O)O)c1. The summed E-state index contributed by atoms with van der Waals surface area (Å²) in [4.78, 5) is 22.2. The molecule has 5 nitrogen and oxygen atoms in total. The van der Waals surface area contributed by atoms with Crippen LogP contribution in [0.4, 0.5) is 0 Å². The van der Waals surface area contributed by atoms with Gasteiger partial charge in [-0.25, -0.2) is 4.79 Å². The highest BCUT2D eigenvalue weighted by molar-refractivity contribution is 5.82. The number of aliphatic carboxylic acids is 1. The van der Waals surface area contributed by atoms with Gasteiger partial charge in [-0.15, -0.1) is 0 Å². The second kappa shape index (κ2) is 10.6. The van der Waals surface area contributed by atoms with E-state index >= 15 is 0 Å². The van der Waals surface area contributed by atoms with Crippen molar-refractivity contribution in [3.8, 4) is 5.75 Å². The van der Waals surface area contributed by atoms with E-state index in [0.717, 1.165) is 24.2 Å². The van der Waals surface area contributed by atoms with Gasteiger partial charge >= 0.3 is 5.97 Å². The maximum absolute atomic E-state index is 11.2. The highest BCUT2D eigenvalue weighted by Gasteiger charge is 2.18. The maximum atomic E-state index is 11.2. The van der Waals surface area contributed by atoms with Gasteiger partial charge < -0.3 is 15.2 Å². The molecule has 2 N–H and O–H groups in total. The fourth-order valence-corrected chi connectivity index (χ4v) is 2.34. The van der Waals surface area contributed by atoms with Crippen molar-refractivity contribution in [2.75, 3.05) is 6.61 Å². The number of hydrogen-bond donors (Lipinski definition) is 2. The summed E-state index contributed by atoms with van der Waals surface area (Å²) in [6.07, 6.45) is 6.14. The zero-order chi connectivity index (χ0) is 17.1. The third kappa shape index (κ3) is 8.24. The molecule has 0 saturated carbocycles. The molecule has 1 amide bonds. The van der Waals surface area contributed by atoms with E-state index in [9.17, 15) is 9.59 Å². The van der Waals surface area contributed by atoms with Crippen molar-refractivity contribution >= 4 is 11.9 Å². The molecule has 1 atom stereocenters. The number of carbonyl (C=O) groups is 2. The van der Waals surface area contributed by atoms with Crippen molar-refractivity contribution in [1.82, 2.24) is 5.32 Å². The fourth-order valence-electron chi connectivity index (χ4n) is 2.34. The van der Waals surface area contributed by atoms with E-state index in [-0.39, 0.29) is 12.3 Å². The van der Waals surface area contributed by atoms with Crippen molar-refractivity contribution in [2.45, 2.75) is 58.4 Å². The Morgan fingerprint density at radius 3 is 2.61 bits per heavy atom. The monoisotopic (exact) mass is 321 g/mol. The van der Waals surface area contributed by atoms with Gasteiger partial charge in [0.2, 0.25) is 5.91 Å². The Bertz CT molecular complexity index is 502. The summed E-state index contributed by atoms with van der Waals surface area (Å²) in [6, 6.07) is 6.46.